The van der Waals surface area contributed by atoms with Gasteiger partial charge in [0.2, 0.25) is 5.91 Å². The van der Waals surface area contributed by atoms with Gasteiger partial charge in [-0.3, -0.25) is 9.59 Å². The van der Waals surface area contributed by atoms with Crippen molar-refractivity contribution in [3.63, 3.8) is 0 Å². The van der Waals surface area contributed by atoms with Gasteiger partial charge in [0.25, 0.3) is 0 Å². The summed E-state index contributed by atoms with van der Waals surface area (Å²) >= 11 is 0. The van der Waals surface area contributed by atoms with E-state index in [9.17, 15) is 14.4 Å². The number of aliphatic carboxylic acids is 1. The van der Waals surface area contributed by atoms with E-state index in [-0.39, 0.29) is 23.3 Å². The molecule has 3 aliphatic rings. The lowest BCUT2D eigenvalue weighted by Crippen LogP contribution is -2.43. The topological polar surface area (TPSA) is 98.7 Å². The Morgan fingerprint density at radius 1 is 1.00 bits per heavy atom. The van der Waals surface area contributed by atoms with Crippen molar-refractivity contribution in [1.29, 1.82) is 0 Å². The molecule has 3 amide bonds. The van der Waals surface area contributed by atoms with Crippen LogP contribution >= 0.6 is 0 Å². The molecule has 1 unspecified atom stereocenters. The van der Waals surface area contributed by atoms with Crippen LogP contribution in [0.15, 0.2) is 0 Å². The number of carboxylic acids is 1. The van der Waals surface area contributed by atoms with Crippen LogP contribution in [0.1, 0.15) is 77.0 Å². The first kappa shape index (κ1) is 20.9. The number of unbranched alkanes of at least 4 members (excludes halogenated alkanes) is 2. The fraction of sp³-hybridized carbons (Fsp3) is 0.857. The van der Waals surface area contributed by atoms with Gasteiger partial charge >= 0.3 is 12.0 Å². The summed E-state index contributed by atoms with van der Waals surface area (Å²) in [7, 11) is 0. The molecule has 7 heteroatoms. The maximum Gasteiger partial charge on any atom is 0.315 e. The normalized spacial score (nSPS) is 24.0. The van der Waals surface area contributed by atoms with Crippen molar-refractivity contribution in [1.82, 2.24) is 15.5 Å². The van der Waals surface area contributed by atoms with Crippen molar-refractivity contribution >= 4 is 17.9 Å². The summed E-state index contributed by atoms with van der Waals surface area (Å²) in [5.41, 5.74) is -0.0213. The molecular formula is C21H35N3O4. The molecule has 0 aromatic rings. The number of urea groups is 1. The lowest BCUT2D eigenvalue weighted by atomic mass is 9.90. The van der Waals surface area contributed by atoms with Crippen molar-refractivity contribution in [3.8, 4) is 0 Å². The van der Waals surface area contributed by atoms with E-state index in [1.165, 1.54) is 19.3 Å². The first-order valence-electron chi connectivity index (χ1n) is 11.1. The molecule has 158 valence electrons. The van der Waals surface area contributed by atoms with Crippen molar-refractivity contribution in [2.75, 3.05) is 19.6 Å². The van der Waals surface area contributed by atoms with Gasteiger partial charge < -0.3 is 20.6 Å². The van der Waals surface area contributed by atoms with Crippen LogP contribution in [-0.4, -0.2) is 53.6 Å². The maximum atomic E-state index is 12.3. The van der Waals surface area contributed by atoms with Gasteiger partial charge in [-0.1, -0.05) is 25.7 Å². The standard InChI is InChI=1S/C21H35N3O4/c25-18(24-13-10-21(11-14-24)15-17(21)19(26)27)9-5-2-6-12-22-20(28)23-16-7-3-1-4-8-16/h16-17H,1-15H2,(H,26,27)(H2,22,23,28). The van der Waals surface area contributed by atoms with Crippen molar-refractivity contribution < 1.29 is 19.5 Å². The predicted molar refractivity (Wildman–Crippen MR) is 106 cm³/mol. The Hall–Kier alpha value is -1.79. The van der Waals surface area contributed by atoms with Crippen LogP contribution in [0.3, 0.4) is 0 Å². The SMILES string of the molecule is O=C(NCCCCCC(=O)N1CCC2(CC1)CC2C(=O)O)NC1CCCCC1. The Balaban J connectivity index is 1.20. The molecule has 1 aliphatic heterocycles. The fourth-order valence-corrected chi connectivity index (χ4v) is 4.87. The molecule has 0 aromatic carbocycles. The molecule has 0 bridgehead atoms. The summed E-state index contributed by atoms with van der Waals surface area (Å²) in [6.07, 6.45) is 11.5. The fourth-order valence-electron chi connectivity index (χ4n) is 4.87. The van der Waals surface area contributed by atoms with Crippen LogP contribution in [0, 0.1) is 11.3 Å². The number of hydrogen-bond acceptors (Lipinski definition) is 3. The number of carbonyl (C=O) groups excluding carboxylic acids is 2. The highest BCUT2D eigenvalue weighted by Gasteiger charge is 2.59. The zero-order chi connectivity index (χ0) is 20.0. The van der Waals surface area contributed by atoms with Crippen molar-refractivity contribution in [2.24, 2.45) is 11.3 Å². The van der Waals surface area contributed by atoms with Crippen molar-refractivity contribution in [2.45, 2.75) is 83.1 Å². The molecule has 1 spiro atoms. The molecule has 0 aromatic heterocycles. The highest BCUT2D eigenvalue weighted by atomic mass is 16.4. The van der Waals surface area contributed by atoms with Crippen LogP contribution in [0.5, 0.6) is 0 Å². The Kier molecular flexibility index (Phi) is 7.18. The van der Waals surface area contributed by atoms with Crippen LogP contribution in [0.2, 0.25) is 0 Å². The number of carbonyl (C=O) groups is 3. The Bertz CT molecular complexity index is 566. The second kappa shape index (κ2) is 9.61. The zero-order valence-corrected chi connectivity index (χ0v) is 16.9. The van der Waals surface area contributed by atoms with E-state index in [0.29, 0.717) is 32.1 Å². The summed E-state index contributed by atoms with van der Waals surface area (Å²) in [5.74, 6) is -0.682. The van der Waals surface area contributed by atoms with E-state index in [1.54, 1.807) is 0 Å². The third-order valence-electron chi connectivity index (χ3n) is 6.89. The van der Waals surface area contributed by atoms with E-state index < -0.39 is 5.97 Å². The molecule has 2 aliphatic carbocycles. The number of rotatable bonds is 8. The quantitative estimate of drug-likeness (QED) is 0.552. The lowest BCUT2D eigenvalue weighted by molar-refractivity contribution is -0.139. The van der Waals surface area contributed by atoms with Crippen molar-refractivity contribution in [3.05, 3.63) is 0 Å². The number of hydrogen-bond donors (Lipinski definition) is 3. The summed E-state index contributed by atoms with van der Waals surface area (Å²) in [6, 6.07) is 0.265. The Labute approximate surface area is 167 Å². The molecule has 3 fully saturated rings. The van der Waals surface area contributed by atoms with E-state index in [1.807, 2.05) is 4.90 Å². The lowest BCUT2D eigenvalue weighted by Gasteiger charge is -2.32. The van der Waals surface area contributed by atoms with E-state index in [4.69, 9.17) is 5.11 Å². The van der Waals surface area contributed by atoms with Gasteiger partial charge in [0.1, 0.15) is 0 Å². The average Bonchev–Trinajstić information content (AvgIpc) is 3.39. The number of piperidine rings is 1. The van der Waals surface area contributed by atoms with E-state index in [0.717, 1.165) is 51.4 Å². The largest absolute Gasteiger partial charge is 0.481 e. The minimum atomic E-state index is -0.680. The molecule has 1 saturated heterocycles. The molecule has 0 radical (unpaired) electrons. The third-order valence-corrected chi connectivity index (χ3v) is 6.89. The summed E-state index contributed by atoms with van der Waals surface area (Å²) < 4.78 is 0. The minimum Gasteiger partial charge on any atom is -0.481 e. The smallest absolute Gasteiger partial charge is 0.315 e. The van der Waals surface area contributed by atoms with Gasteiger partial charge in [0.15, 0.2) is 0 Å². The summed E-state index contributed by atoms with van der Waals surface area (Å²) in [4.78, 5) is 37.2. The highest BCUT2D eigenvalue weighted by Crippen LogP contribution is 2.59. The molecule has 3 N–H and O–H groups in total. The highest BCUT2D eigenvalue weighted by molar-refractivity contribution is 5.77. The van der Waals surface area contributed by atoms with Gasteiger partial charge in [-0.15, -0.1) is 0 Å². The molecular weight excluding hydrogens is 358 g/mol. The second-order valence-electron chi connectivity index (χ2n) is 8.88. The Morgan fingerprint density at radius 3 is 2.36 bits per heavy atom. The third kappa shape index (κ3) is 5.61. The molecule has 1 heterocycles. The van der Waals surface area contributed by atoms with Gasteiger partial charge in [-0.2, -0.15) is 0 Å². The summed E-state index contributed by atoms with van der Waals surface area (Å²) in [6.45, 7) is 2.05. The maximum absolute atomic E-state index is 12.3. The second-order valence-corrected chi connectivity index (χ2v) is 8.88. The van der Waals surface area contributed by atoms with E-state index in [2.05, 4.69) is 10.6 Å². The first-order chi connectivity index (χ1) is 13.5. The average molecular weight is 394 g/mol. The van der Waals surface area contributed by atoms with Crippen LogP contribution in [0.4, 0.5) is 4.79 Å². The monoisotopic (exact) mass is 393 g/mol. The molecule has 28 heavy (non-hydrogen) atoms. The number of nitrogens with zero attached hydrogens (tertiary/aromatic N) is 1. The van der Waals surface area contributed by atoms with Crippen LogP contribution in [-0.2, 0) is 9.59 Å². The minimum absolute atomic E-state index is 0.0213. The van der Waals surface area contributed by atoms with Gasteiger partial charge in [-0.05, 0) is 50.4 Å². The number of carboxylic acid groups (broad SMARTS) is 1. The van der Waals surface area contributed by atoms with Crippen LogP contribution < -0.4 is 10.6 Å². The molecule has 1 atom stereocenters. The van der Waals surface area contributed by atoms with E-state index >= 15 is 0 Å². The van der Waals surface area contributed by atoms with Crippen LogP contribution in [0.25, 0.3) is 0 Å². The van der Waals surface area contributed by atoms with Gasteiger partial charge in [0.05, 0.1) is 5.92 Å². The molecule has 2 saturated carbocycles. The number of likely N-dealkylation sites (tertiary alicyclic amines) is 1. The molecule has 3 rings (SSSR count). The Morgan fingerprint density at radius 2 is 1.71 bits per heavy atom. The van der Waals surface area contributed by atoms with Gasteiger partial charge in [-0.25, -0.2) is 4.79 Å². The zero-order valence-electron chi connectivity index (χ0n) is 16.9. The first-order valence-corrected chi connectivity index (χ1v) is 11.1. The predicted octanol–water partition coefficient (Wildman–Crippen LogP) is 2.89. The molecule has 7 nitrogen and oxygen atoms in total. The van der Waals surface area contributed by atoms with Gasteiger partial charge in [0, 0.05) is 32.1 Å². The summed E-state index contributed by atoms with van der Waals surface area (Å²) in [5, 5.41) is 15.1. The number of amides is 3. The number of nitrogens with one attached hydrogen (secondary N) is 2.